The molecule has 0 amide bonds. The van der Waals surface area contributed by atoms with E-state index in [0.717, 1.165) is 35.3 Å². The second-order valence-corrected chi connectivity index (χ2v) is 6.67. The summed E-state index contributed by atoms with van der Waals surface area (Å²) in [5, 5.41) is 15.2. The Balaban J connectivity index is 1.94. The smallest absolute Gasteiger partial charge is 0.341 e. The quantitative estimate of drug-likeness (QED) is 0.702. The maximum Gasteiger partial charge on any atom is 0.341 e. The third-order valence-corrected chi connectivity index (χ3v) is 4.93. The number of carbonyl (C=O) groups excluding carboxylic acids is 1. The van der Waals surface area contributed by atoms with E-state index in [1.54, 1.807) is 19.4 Å². The Morgan fingerprint density at radius 2 is 2.04 bits per heavy atom. The fourth-order valence-electron chi connectivity index (χ4n) is 3.59. The summed E-state index contributed by atoms with van der Waals surface area (Å²) < 4.78 is 12.0. The van der Waals surface area contributed by atoms with Gasteiger partial charge in [-0.1, -0.05) is 6.07 Å². The van der Waals surface area contributed by atoms with Gasteiger partial charge in [0.2, 0.25) is 0 Å². The van der Waals surface area contributed by atoms with E-state index in [0.29, 0.717) is 23.6 Å². The van der Waals surface area contributed by atoms with Crippen LogP contribution in [0.5, 0.6) is 5.75 Å². The molecular weight excluding hydrogens is 358 g/mol. The lowest BCUT2D eigenvalue weighted by atomic mass is 9.94. The molecule has 1 aliphatic heterocycles. The maximum absolute atomic E-state index is 12.1. The third kappa shape index (κ3) is 3.14. The largest absolute Gasteiger partial charge is 0.493 e. The van der Waals surface area contributed by atoms with Crippen LogP contribution in [0.2, 0.25) is 0 Å². The van der Waals surface area contributed by atoms with Gasteiger partial charge in [-0.25, -0.2) is 4.79 Å². The number of pyridine rings is 1. The van der Waals surface area contributed by atoms with Crippen LogP contribution in [-0.4, -0.2) is 39.6 Å². The molecule has 0 fully saturated rings. The molecule has 3 aromatic rings. The SMILES string of the molecule is COC(=O)C(O)c1c(-c2ccc3c(c2)CCCO3)c(-c2ccncc2)nn1C. The van der Waals surface area contributed by atoms with Crippen LogP contribution in [0.3, 0.4) is 0 Å². The van der Waals surface area contributed by atoms with E-state index in [-0.39, 0.29) is 0 Å². The summed E-state index contributed by atoms with van der Waals surface area (Å²) in [5.41, 5.74) is 4.56. The molecule has 0 bridgehead atoms. The molecule has 1 aromatic carbocycles. The Bertz CT molecular complexity index is 1010. The zero-order valence-corrected chi connectivity index (χ0v) is 15.8. The highest BCUT2D eigenvalue weighted by Crippen LogP contribution is 2.39. The first-order valence-corrected chi connectivity index (χ1v) is 9.09. The van der Waals surface area contributed by atoms with Crippen LogP contribution in [-0.2, 0) is 23.0 Å². The fourth-order valence-corrected chi connectivity index (χ4v) is 3.59. The second-order valence-electron chi connectivity index (χ2n) is 6.67. The van der Waals surface area contributed by atoms with Gasteiger partial charge in [0.1, 0.15) is 11.4 Å². The minimum absolute atomic E-state index is 0.385. The Labute approximate surface area is 162 Å². The van der Waals surface area contributed by atoms with E-state index < -0.39 is 12.1 Å². The zero-order chi connectivity index (χ0) is 19.7. The van der Waals surface area contributed by atoms with Gasteiger partial charge in [-0.2, -0.15) is 5.10 Å². The Morgan fingerprint density at radius 1 is 1.25 bits per heavy atom. The lowest BCUT2D eigenvalue weighted by Crippen LogP contribution is -2.17. The molecule has 0 saturated carbocycles. The number of esters is 1. The van der Waals surface area contributed by atoms with Crippen molar-refractivity contribution in [3.63, 3.8) is 0 Å². The number of fused-ring (bicyclic) bond motifs is 1. The summed E-state index contributed by atoms with van der Waals surface area (Å²) in [7, 11) is 2.96. The molecule has 1 N–H and O–H groups in total. The summed E-state index contributed by atoms with van der Waals surface area (Å²) >= 11 is 0. The predicted molar refractivity (Wildman–Crippen MR) is 103 cm³/mol. The number of aromatic nitrogens is 3. The topological polar surface area (TPSA) is 86.5 Å². The molecule has 0 saturated heterocycles. The van der Waals surface area contributed by atoms with Crippen molar-refractivity contribution in [2.75, 3.05) is 13.7 Å². The number of aliphatic hydroxyl groups is 1. The number of hydrogen-bond donors (Lipinski definition) is 1. The van der Waals surface area contributed by atoms with Gasteiger partial charge in [-0.05, 0) is 48.2 Å². The van der Waals surface area contributed by atoms with Gasteiger partial charge in [0.25, 0.3) is 0 Å². The summed E-state index contributed by atoms with van der Waals surface area (Å²) in [4.78, 5) is 16.1. The van der Waals surface area contributed by atoms with Crippen LogP contribution in [0, 0.1) is 0 Å². The molecule has 3 heterocycles. The summed E-state index contributed by atoms with van der Waals surface area (Å²) in [6, 6.07) is 9.60. The summed E-state index contributed by atoms with van der Waals surface area (Å²) in [6.07, 6.45) is 3.80. The Kier molecular flexibility index (Phi) is 4.83. The maximum atomic E-state index is 12.1. The highest BCUT2D eigenvalue weighted by molar-refractivity contribution is 5.87. The van der Waals surface area contributed by atoms with E-state index in [4.69, 9.17) is 9.47 Å². The van der Waals surface area contributed by atoms with Crippen LogP contribution >= 0.6 is 0 Å². The average Bonchev–Trinajstić information content (AvgIpc) is 3.10. The van der Waals surface area contributed by atoms with Gasteiger partial charge >= 0.3 is 5.97 Å². The monoisotopic (exact) mass is 379 g/mol. The van der Waals surface area contributed by atoms with Crippen molar-refractivity contribution in [1.29, 1.82) is 0 Å². The molecule has 4 rings (SSSR count). The lowest BCUT2D eigenvalue weighted by molar-refractivity contribution is -0.151. The van der Waals surface area contributed by atoms with Crippen molar-refractivity contribution in [2.24, 2.45) is 7.05 Å². The summed E-state index contributed by atoms with van der Waals surface area (Å²) in [6.45, 7) is 0.716. The van der Waals surface area contributed by atoms with Crippen molar-refractivity contribution in [3.8, 4) is 28.1 Å². The van der Waals surface area contributed by atoms with E-state index in [2.05, 4.69) is 10.1 Å². The first-order valence-electron chi connectivity index (χ1n) is 9.09. The normalized spacial score (nSPS) is 14.1. The van der Waals surface area contributed by atoms with E-state index in [1.807, 2.05) is 30.3 Å². The average molecular weight is 379 g/mol. The molecule has 0 spiro atoms. The number of carbonyl (C=O) groups is 1. The van der Waals surface area contributed by atoms with Gasteiger partial charge < -0.3 is 14.6 Å². The Hall–Kier alpha value is -3.19. The number of methoxy groups -OCH3 is 1. The van der Waals surface area contributed by atoms with Gasteiger partial charge in [-0.3, -0.25) is 9.67 Å². The molecule has 7 heteroatoms. The molecule has 1 atom stereocenters. The van der Waals surface area contributed by atoms with Crippen LogP contribution in [0.15, 0.2) is 42.7 Å². The zero-order valence-electron chi connectivity index (χ0n) is 15.8. The van der Waals surface area contributed by atoms with Gasteiger partial charge in [-0.15, -0.1) is 0 Å². The predicted octanol–water partition coefficient (Wildman–Crippen LogP) is 2.68. The number of nitrogens with zero attached hydrogens (tertiary/aromatic N) is 3. The van der Waals surface area contributed by atoms with Gasteiger partial charge in [0.15, 0.2) is 6.10 Å². The van der Waals surface area contributed by atoms with Crippen LogP contribution in [0.1, 0.15) is 23.8 Å². The molecular formula is C21H21N3O4. The lowest BCUT2D eigenvalue weighted by Gasteiger charge is -2.19. The number of benzene rings is 1. The van der Waals surface area contributed by atoms with Crippen molar-refractivity contribution in [3.05, 3.63) is 54.0 Å². The number of aliphatic hydroxyl groups excluding tert-OH is 1. The molecule has 0 radical (unpaired) electrons. The summed E-state index contributed by atoms with van der Waals surface area (Å²) in [5.74, 6) is 0.145. The molecule has 1 aliphatic rings. The van der Waals surface area contributed by atoms with Crippen LogP contribution in [0.4, 0.5) is 0 Å². The third-order valence-electron chi connectivity index (χ3n) is 4.93. The fraction of sp³-hybridized carbons (Fsp3) is 0.286. The van der Waals surface area contributed by atoms with Gasteiger partial charge in [0.05, 0.1) is 19.4 Å². The minimum atomic E-state index is -1.44. The molecule has 0 aliphatic carbocycles. The number of rotatable bonds is 4. The standard InChI is InChI=1S/C21H21N3O4/c1-24-19(20(25)21(26)27-2)17(18(23-24)13-7-9-22-10-8-13)15-5-6-16-14(12-15)4-3-11-28-16/h5-10,12,20,25H,3-4,11H2,1-2H3. The molecule has 1 unspecified atom stereocenters. The van der Waals surface area contributed by atoms with E-state index in [1.165, 1.54) is 11.8 Å². The highest BCUT2D eigenvalue weighted by Gasteiger charge is 2.30. The molecule has 7 nitrogen and oxygen atoms in total. The number of hydrogen-bond acceptors (Lipinski definition) is 6. The van der Waals surface area contributed by atoms with Crippen LogP contribution in [0.25, 0.3) is 22.4 Å². The van der Waals surface area contributed by atoms with E-state index >= 15 is 0 Å². The number of ether oxygens (including phenoxy) is 2. The first-order chi connectivity index (χ1) is 13.6. The first kappa shape index (κ1) is 18.2. The Morgan fingerprint density at radius 3 is 2.79 bits per heavy atom. The van der Waals surface area contributed by atoms with Crippen molar-refractivity contribution < 1.29 is 19.4 Å². The minimum Gasteiger partial charge on any atom is -0.493 e. The van der Waals surface area contributed by atoms with Crippen molar-refractivity contribution in [2.45, 2.75) is 18.9 Å². The van der Waals surface area contributed by atoms with Crippen molar-refractivity contribution >= 4 is 5.97 Å². The molecule has 28 heavy (non-hydrogen) atoms. The molecule has 144 valence electrons. The second kappa shape index (κ2) is 7.44. The molecule has 2 aromatic heterocycles. The number of aryl methyl sites for hydroxylation is 2. The van der Waals surface area contributed by atoms with Crippen LogP contribution < -0.4 is 4.74 Å². The van der Waals surface area contributed by atoms with Crippen molar-refractivity contribution in [1.82, 2.24) is 14.8 Å². The van der Waals surface area contributed by atoms with Gasteiger partial charge in [0, 0.05) is 30.6 Å². The highest BCUT2D eigenvalue weighted by atomic mass is 16.5. The van der Waals surface area contributed by atoms with E-state index in [9.17, 15) is 9.90 Å².